The Balaban J connectivity index is 1.50. The van der Waals surface area contributed by atoms with Crippen LogP contribution in [0.3, 0.4) is 0 Å². The summed E-state index contributed by atoms with van der Waals surface area (Å²) >= 11 is 0. The van der Waals surface area contributed by atoms with Gasteiger partial charge in [-0.05, 0) is 49.2 Å². The summed E-state index contributed by atoms with van der Waals surface area (Å²) in [6, 6.07) is 15.3. The van der Waals surface area contributed by atoms with Gasteiger partial charge in [0.05, 0.1) is 36.0 Å². The van der Waals surface area contributed by atoms with Crippen LogP contribution in [-0.2, 0) is 13.2 Å². The molecule has 0 saturated heterocycles. The van der Waals surface area contributed by atoms with Crippen LogP contribution in [0.1, 0.15) is 33.6 Å². The third-order valence-corrected chi connectivity index (χ3v) is 5.81. The molecule has 0 unspecified atom stereocenters. The van der Waals surface area contributed by atoms with E-state index >= 15 is 0 Å². The highest BCUT2D eigenvalue weighted by atomic mass is 16.3. The molecule has 182 valence electrons. The van der Waals surface area contributed by atoms with E-state index in [2.05, 4.69) is 20.0 Å². The summed E-state index contributed by atoms with van der Waals surface area (Å²) in [5.74, 6) is 0.0121. The first-order chi connectivity index (χ1) is 17.4. The first-order valence-corrected chi connectivity index (χ1v) is 11.3. The third-order valence-electron chi connectivity index (χ3n) is 5.81. The predicted octanol–water partition coefficient (Wildman–Crippen LogP) is 4.66. The summed E-state index contributed by atoms with van der Waals surface area (Å²) in [4.78, 5) is 17.0. The minimum atomic E-state index is -0.243. The standard InChI is InChI=1S/C28H26N4O4/c1-17-27(35)25(21(15-33)11-29-17)13-31-23-7-3-19(4-8-23)20-5-9-24(10-6-20)32-14-26-22(16-34)12-30-18(2)28(26)36/h3-14,33-36H,15-16H2,1-2H3. The van der Waals surface area contributed by atoms with E-state index in [1.165, 1.54) is 24.8 Å². The molecular weight excluding hydrogens is 456 g/mol. The van der Waals surface area contributed by atoms with Crippen LogP contribution < -0.4 is 0 Å². The second kappa shape index (κ2) is 10.9. The zero-order valence-corrected chi connectivity index (χ0v) is 19.9. The van der Waals surface area contributed by atoms with Gasteiger partial charge in [-0.25, -0.2) is 0 Å². The van der Waals surface area contributed by atoms with Gasteiger partial charge in [0.25, 0.3) is 0 Å². The van der Waals surface area contributed by atoms with E-state index in [1.54, 1.807) is 13.8 Å². The molecule has 0 saturated carbocycles. The number of aliphatic hydroxyl groups is 2. The first kappa shape index (κ1) is 24.7. The van der Waals surface area contributed by atoms with Crippen LogP contribution in [0.4, 0.5) is 11.4 Å². The summed E-state index contributed by atoms with van der Waals surface area (Å²) in [5, 5.41) is 39.5. The van der Waals surface area contributed by atoms with Crippen molar-refractivity contribution in [1.82, 2.24) is 9.97 Å². The molecule has 2 aromatic carbocycles. The largest absolute Gasteiger partial charge is 0.505 e. The van der Waals surface area contributed by atoms with Gasteiger partial charge in [0.15, 0.2) is 0 Å². The lowest BCUT2D eigenvalue weighted by Gasteiger charge is -2.07. The number of aliphatic imine (C=N–C) groups is 2. The van der Waals surface area contributed by atoms with Gasteiger partial charge in [-0.3, -0.25) is 20.0 Å². The number of aromatic hydroxyl groups is 2. The van der Waals surface area contributed by atoms with Gasteiger partial charge in [0.1, 0.15) is 11.5 Å². The Bertz CT molecular complexity index is 1320. The van der Waals surface area contributed by atoms with Crippen LogP contribution in [0.2, 0.25) is 0 Å². The highest BCUT2D eigenvalue weighted by molar-refractivity contribution is 5.88. The highest BCUT2D eigenvalue weighted by Gasteiger charge is 2.10. The van der Waals surface area contributed by atoms with Crippen LogP contribution in [0.25, 0.3) is 11.1 Å². The van der Waals surface area contributed by atoms with Crippen molar-refractivity contribution >= 4 is 23.8 Å². The molecule has 0 aliphatic rings. The average molecular weight is 483 g/mol. The molecule has 0 amide bonds. The Hall–Kier alpha value is -4.40. The quantitative estimate of drug-likeness (QED) is 0.283. The number of pyridine rings is 2. The lowest BCUT2D eigenvalue weighted by Crippen LogP contribution is -1.97. The van der Waals surface area contributed by atoms with Crippen LogP contribution in [0, 0.1) is 13.8 Å². The van der Waals surface area contributed by atoms with Crippen molar-refractivity contribution in [2.24, 2.45) is 9.98 Å². The van der Waals surface area contributed by atoms with Crippen molar-refractivity contribution in [3.63, 3.8) is 0 Å². The maximum atomic E-state index is 10.3. The van der Waals surface area contributed by atoms with Gasteiger partial charge in [-0.2, -0.15) is 0 Å². The third kappa shape index (κ3) is 5.30. The maximum Gasteiger partial charge on any atom is 0.145 e. The smallest absolute Gasteiger partial charge is 0.145 e. The van der Waals surface area contributed by atoms with Crippen LogP contribution in [0.15, 0.2) is 70.9 Å². The Morgan fingerprint density at radius 2 is 1.00 bits per heavy atom. The molecule has 8 heteroatoms. The monoisotopic (exact) mass is 482 g/mol. The zero-order valence-electron chi connectivity index (χ0n) is 19.9. The van der Waals surface area contributed by atoms with Crippen molar-refractivity contribution in [2.75, 3.05) is 0 Å². The molecule has 0 bridgehead atoms. The van der Waals surface area contributed by atoms with Gasteiger partial charge in [-0.1, -0.05) is 24.3 Å². The topological polar surface area (TPSA) is 131 Å². The summed E-state index contributed by atoms with van der Waals surface area (Å²) in [6.07, 6.45) is 6.11. The minimum absolute atomic E-state index is 0.00605. The Morgan fingerprint density at radius 3 is 1.33 bits per heavy atom. The Kier molecular flexibility index (Phi) is 7.48. The molecule has 2 aromatic heterocycles. The van der Waals surface area contributed by atoms with Crippen LogP contribution in [-0.4, -0.2) is 42.8 Å². The minimum Gasteiger partial charge on any atom is -0.505 e. The molecule has 0 spiro atoms. The number of benzene rings is 2. The van der Waals surface area contributed by atoms with Crippen molar-refractivity contribution in [2.45, 2.75) is 27.1 Å². The fourth-order valence-electron chi connectivity index (χ4n) is 3.60. The van der Waals surface area contributed by atoms with Crippen molar-refractivity contribution < 1.29 is 20.4 Å². The molecule has 0 radical (unpaired) electrons. The normalized spacial score (nSPS) is 11.6. The van der Waals surface area contributed by atoms with E-state index in [0.717, 1.165) is 11.1 Å². The number of aliphatic hydroxyl groups excluding tert-OH is 2. The fourth-order valence-corrected chi connectivity index (χ4v) is 3.60. The summed E-state index contributed by atoms with van der Waals surface area (Å²) < 4.78 is 0. The Morgan fingerprint density at radius 1 is 0.639 bits per heavy atom. The van der Waals surface area contributed by atoms with Gasteiger partial charge in [-0.15, -0.1) is 0 Å². The molecule has 4 rings (SSSR count). The van der Waals surface area contributed by atoms with Gasteiger partial charge < -0.3 is 20.4 Å². The number of rotatable bonds is 7. The van der Waals surface area contributed by atoms with Crippen LogP contribution >= 0.6 is 0 Å². The lowest BCUT2D eigenvalue weighted by molar-refractivity contribution is 0.280. The second-order valence-corrected chi connectivity index (χ2v) is 8.19. The molecule has 4 N–H and O–H groups in total. The molecule has 0 atom stereocenters. The summed E-state index contributed by atoms with van der Waals surface area (Å²) in [6.45, 7) is 2.89. The summed E-state index contributed by atoms with van der Waals surface area (Å²) in [5.41, 5.74) is 6.23. The molecule has 8 nitrogen and oxygen atoms in total. The molecule has 0 fully saturated rings. The molecule has 2 heterocycles. The van der Waals surface area contributed by atoms with Crippen molar-refractivity contribution in [3.05, 3.63) is 94.6 Å². The SMILES string of the molecule is Cc1ncc(CO)c(C=Nc2ccc(-c3ccc(N=Cc4c(CO)cnc(C)c4O)cc3)cc2)c1O. The van der Waals surface area contributed by atoms with E-state index in [1.807, 2.05) is 48.5 Å². The van der Waals surface area contributed by atoms with E-state index in [-0.39, 0.29) is 24.7 Å². The average Bonchev–Trinajstić information content (AvgIpc) is 2.91. The zero-order chi connectivity index (χ0) is 25.7. The van der Waals surface area contributed by atoms with E-state index in [4.69, 9.17) is 0 Å². The molecule has 36 heavy (non-hydrogen) atoms. The highest BCUT2D eigenvalue weighted by Crippen LogP contribution is 2.27. The number of hydrogen-bond acceptors (Lipinski definition) is 8. The molecule has 0 aliphatic heterocycles. The van der Waals surface area contributed by atoms with Gasteiger partial charge >= 0.3 is 0 Å². The van der Waals surface area contributed by atoms with E-state index in [9.17, 15) is 20.4 Å². The summed E-state index contributed by atoms with van der Waals surface area (Å²) in [7, 11) is 0. The fraction of sp³-hybridized carbons (Fsp3) is 0.143. The number of aryl methyl sites for hydroxylation is 2. The van der Waals surface area contributed by atoms with Gasteiger partial charge in [0.2, 0.25) is 0 Å². The van der Waals surface area contributed by atoms with Crippen LogP contribution in [0.5, 0.6) is 11.5 Å². The first-order valence-electron chi connectivity index (χ1n) is 11.3. The lowest BCUT2D eigenvalue weighted by atomic mass is 10.0. The maximum absolute atomic E-state index is 10.3. The number of hydrogen-bond donors (Lipinski definition) is 4. The van der Waals surface area contributed by atoms with Crippen molar-refractivity contribution in [3.8, 4) is 22.6 Å². The van der Waals surface area contributed by atoms with E-state index in [0.29, 0.717) is 45.0 Å². The van der Waals surface area contributed by atoms with Crippen molar-refractivity contribution in [1.29, 1.82) is 0 Å². The number of nitrogens with zero attached hydrogens (tertiary/aromatic N) is 4. The molecule has 4 aromatic rings. The Labute approximate surface area is 208 Å². The second-order valence-electron chi connectivity index (χ2n) is 8.19. The van der Waals surface area contributed by atoms with Gasteiger partial charge in [0, 0.05) is 47.1 Å². The number of aromatic nitrogens is 2. The molecule has 0 aliphatic carbocycles. The van der Waals surface area contributed by atoms with E-state index < -0.39 is 0 Å². The predicted molar refractivity (Wildman–Crippen MR) is 140 cm³/mol. The molecular formula is C28H26N4O4.